The average molecular weight is 596 g/mol. The Balaban J connectivity index is 1.20. The van der Waals surface area contributed by atoms with Crippen molar-refractivity contribution in [2.45, 2.75) is 26.2 Å². The zero-order valence-electron chi connectivity index (χ0n) is 26.1. The van der Waals surface area contributed by atoms with E-state index in [9.17, 15) is 0 Å². The van der Waals surface area contributed by atoms with Gasteiger partial charge in [0.2, 0.25) is 11.8 Å². The van der Waals surface area contributed by atoms with Crippen LogP contribution in [0.3, 0.4) is 0 Å². The quantitative estimate of drug-likeness (QED) is 0.199. The molecule has 222 valence electrons. The normalized spacial score (nSPS) is 11.8. The third-order valence-corrected chi connectivity index (χ3v) is 8.77. The molecule has 0 N–H and O–H groups in total. The fraction of sp³-hybridized carbons (Fsp3) is 0.0952. The first-order chi connectivity index (χ1) is 22.4. The van der Waals surface area contributed by atoms with Crippen LogP contribution in [0, 0.1) is 0 Å². The van der Waals surface area contributed by atoms with Crippen molar-refractivity contribution < 1.29 is 4.42 Å². The number of fused-ring (bicyclic) bond motifs is 3. The third kappa shape index (κ3) is 4.98. The molecule has 2 aromatic heterocycles. The van der Waals surface area contributed by atoms with Crippen LogP contribution in [0.15, 0.2) is 150 Å². The third-order valence-electron chi connectivity index (χ3n) is 8.77. The molecule has 0 aliphatic heterocycles. The van der Waals surface area contributed by atoms with E-state index in [1.54, 1.807) is 0 Å². The lowest BCUT2D eigenvalue weighted by molar-refractivity contribution is 0.582. The molecular formula is C42H33N3O. The topological polar surface area (TPSA) is 43.9 Å². The molecule has 0 aliphatic carbocycles. The standard InChI is InChI=1S/C42H33N3O/c1-42(2,3)34-20-14-30(15-21-34)40-43-44-41(46-40)31-16-22-35(23-17-31)45-38-24-18-32(28-10-6-4-7-11-28)26-36(38)37-27-33(19-25-39(37)45)29-12-8-5-9-13-29/h4-27H,1-3H3. The summed E-state index contributed by atoms with van der Waals surface area (Å²) in [5, 5.41) is 11.2. The summed E-state index contributed by atoms with van der Waals surface area (Å²) in [5.41, 5.74) is 11.4. The zero-order valence-corrected chi connectivity index (χ0v) is 26.1. The molecule has 4 heteroatoms. The Kier molecular flexibility index (Phi) is 6.65. The number of rotatable bonds is 5. The minimum atomic E-state index is 0.0883. The molecule has 0 saturated carbocycles. The average Bonchev–Trinajstić information content (AvgIpc) is 3.72. The van der Waals surface area contributed by atoms with Crippen LogP contribution in [0.5, 0.6) is 0 Å². The molecular weight excluding hydrogens is 562 g/mol. The Morgan fingerprint density at radius 3 is 1.35 bits per heavy atom. The van der Waals surface area contributed by atoms with E-state index >= 15 is 0 Å². The minimum absolute atomic E-state index is 0.0883. The molecule has 0 spiro atoms. The molecule has 0 bridgehead atoms. The lowest BCUT2D eigenvalue weighted by Gasteiger charge is -2.18. The van der Waals surface area contributed by atoms with E-state index < -0.39 is 0 Å². The van der Waals surface area contributed by atoms with E-state index in [4.69, 9.17) is 4.42 Å². The van der Waals surface area contributed by atoms with Gasteiger partial charge in [-0.25, -0.2) is 0 Å². The van der Waals surface area contributed by atoms with Crippen molar-refractivity contribution in [3.05, 3.63) is 151 Å². The van der Waals surface area contributed by atoms with Crippen LogP contribution < -0.4 is 0 Å². The monoisotopic (exact) mass is 595 g/mol. The number of hydrogen-bond donors (Lipinski definition) is 0. The SMILES string of the molecule is CC(C)(C)c1ccc(-c2nnc(-c3ccc(-n4c5ccc(-c6ccccc6)cc5c5cc(-c6ccccc6)ccc54)cc3)o2)cc1. The molecule has 0 unspecified atom stereocenters. The molecule has 8 rings (SSSR count). The summed E-state index contributed by atoms with van der Waals surface area (Å²) in [4.78, 5) is 0. The van der Waals surface area contributed by atoms with Gasteiger partial charge in [-0.2, -0.15) is 0 Å². The van der Waals surface area contributed by atoms with Crippen molar-refractivity contribution in [3.63, 3.8) is 0 Å². The Bertz CT molecular complexity index is 2210. The summed E-state index contributed by atoms with van der Waals surface area (Å²) in [6.45, 7) is 6.62. The van der Waals surface area contributed by atoms with Gasteiger partial charge in [-0.3, -0.25) is 0 Å². The van der Waals surface area contributed by atoms with Gasteiger partial charge in [0.05, 0.1) is 11.0 Å². The summed E-state index contributed by atoms with van der Waals surface area (Å²) < 4.78 is 8.47. The molecule has 0 saturated heterocycles. The fourth-order valence-electron chi connectivity index (χ4n) is 6.24. The molecule has 6 aromatic carbocycles. The van der Waals surface area contributed by atoms with E-state index in [-0.39, 0.29) is 5.41 Å². The van der Waals surface area contributed by atoms with Gasteiger partial charge >= 0.3 is 0 Å². The highest BCUT2D eigenvalue weighted by Crippen LogP contribution is 2.37. The van der Waals surface area contributed by atoms with Crippen molar-refractivity contribution in [1.29, 1.82) is 0 Å². The maximum absolute atomic E-state index is 6.13. The molecule has 0 aliphatic rings. The number of benzene rings is 6. The van der Waals surface area contributed by atoms with Crippen molar-refractivity contribution >= 4 is 21.8 Å². The van der Waals surface area contributed by atoms with Crippen molar-refractivity contribution in [1.82, 2.24) is 14.8 Å². The Morgan fingerprint density at radius 1 is 0.457 bits per heavy atom. The summed E-state index contributed by atoms with van der Waals surface area (Å²) in [5.74, 6) is 1.02. The van der Waals surface area contributed by atoms with E-state index in [1.807, 2.05) is 0 Å². The van der Waals surface area contributed by atoms with Gasteiger partial charge in [-0.05, 0) is 93.9 Å². The number of aromatic nitrogens is 3. The second-order valence-corrected chi connectivity index (χ2v) is 12.8. The molecule has 2 heterocycles. The highest BCUT2D eigenvalue weighted by molar-refractivity contribution is 6.11. The summed E-state index contributed by atoms with van der Waals surface area (Å²) in [6, 6.07) is 51.4. The molecule has 0 fully saturated rings. The predicted molar refractivity (Wildman–Crippen MR) is 189 cm³/mol. The molecule has 8 aromatic rings. The van der Waals surface area contributed by atoms with Crippen LogP contribution in [0.1, 0.15) is 26.3 Å². The lowest BCUT2D eigenvalue weighted by atomic mass is 9.87. The first kappa shape index (κ1) is 27.8. The van der Waals surface area contributed by atoms with Crippen LogP contribution in [-0.4, -0.2) is 14.8 Å². The maximum Gasteiger partial charge on any atom is 0.248 e. The van der Waals surface area contributed by atoms with Crippen LogP contribution in [-0.2, 0) is 5.41 Å². The van der Waals surface area contributed by atoms with Gasteiger partial charge in [0, 0.05) is 27.6 Å². The first-order valence-electron chi connectivity index (χ1n) is 15.7. The predicted octanol–water partition coefficient (Wildman–Crippen LogP) is 11.1. The number of nitrogens with zero attached hydrogens (tertiary/aromatic N) is 3. The van der Waals surface area contributed by atoms with Crippen LogP contribution >= 0.6 is 0 Å². The number of hydrogen-bond acceptors (Lipinski definition) is 3. The maximum atomic E-state index is 6.13. The molecule has 46 heavy (non-hydrogen) atoms. The zero-order chi connectivity index (χ0) is 31.3. The lowest BCUT2D eigenvalue weighted by Crippen LogP contribution is -2.10. The summed E-state index contributed by atoms with van der Waals surface area (Å²) in [7, 11) is 0. The van der Waals surface area contributed by atoms with Crippen LogP contribution in [0.25, 0.3) is 72.7 Å². The van der Waals surface area contributed by atoms with Gasteiger partial charge in [0.25, 0.3) is 0 Å². The second kappa shape index (κ2) is 11.0. The Morgan fingerprint density at radius 2 is 0.891 bits per heavy atom. The fourth-order valence-corrected chi connectivity index (χ4v) is 6.24. The van der Waals surface area contributed by atoms with E-state index in [0.717, 1.165) is 27.8 Å². The molecule has 0 amide bonds. The van der Waals surface area contributed by atoms with E-state index in [2.05, 4.69) is 181 Å². The van der Waals surface area contributed by atoms with Crippen LogP contribution in [0.4, 0.5) is 0 Å². The van der Waals surface area contributed by atoms with Gasteiger partial charge in [0.1, 0.15) is 0 Å². The van der Waals surface area contributed by atoms with Gasteiger partial charge in [0.15, 0.2) is 0 Å². The highest BCUT2D eigenvalue weighted by Gasteiger charge is 2.17. The summed E-state index contributed by atoms with van der Waals surface area (Å²) >= 11 is 0. The largest absolute Gasteiger partial charge is 0.416 e. The van der Waals surface area contributed by atoms with E-state index in [1.165, 1.54) is 38.6 Å². The smallest absolute Gasteiger partial charge is 0.248 e. The van der Waals surface area contributed by atoms with Crippen molar-refractivity contribution in [2.24, 2.45) is 0 Å². The molecule has 0 radical (unpaired) electrons. The van der Waals surface area contributed by atoms with Gasteiger partial charge in [-0.1, -0.05) is 106 Å². The minimum Gasteiger partial charge on any atom is -0.416 e. The van der Waals surface area contributed by atoms with Crippen molar-refractivity contribution in [3.8, 4) is 50.8 Å². The second-order valence-electron chi connectivity index (χ2n) is 12.8. The molecule has 0 atom stereocenters. The highest BCUT2D eigenvalue weighted by atomic mass is 16.4. The van der Waals surface area contributed by atoms with Gasteiger partial charge < -0.3 is 8.98 Å². The van der Waals surface area contributed by atoms with Crippen LogP contribution in [0.2, 0.25) is 0 Å². The molecule has 4 nitrogen and oxygen atoms in total. The Labute approximate surface area is 268 Å². The first-order valence-corrected chi connectivity index (χ1v) is 15.7. The van der Waals surface area contributed by atoms with Crippen molar-refractivity contribution in [2.75, 3.05) is 0 Å². The Hall–Kier alpha value is -5.74. The summed E-state index contributed by atoms with van der Waals surface area (Å²) in [6.07, 6.45) is 0. The van der Waals surface area contributed by atoms with E-state index in [0.29, 0.717) is 11.8 Å². The van der Waals surface area contributed by atoms with Gasteiger partial charge in [-0.15, -0.1) is 10.2 Å².